The molecule has 0 aliphatic rings. The fraction of sp³-hybridized carbons (Fsp3) is 0.130. The Labute approximate surface area is 158 Å². The molecule has 3 rings (SSSR count). The molecular formula is C23H21NO3. The van der Waals surface area contributed by atoms with Crippen LogP contribution >= 0.6 is 0 Å². The summed E-state index contributed by atoms with van der Waals surface area (Å²) in [4.78, 5) is 16.6. The fourth-order valence-electron chi connectivity index (χ4n) is 2.87. The number of carbonyl (C=O) groups is 1. The van der Waals surface area contributed by atoms with Gasteiger partial charge in [0.25, 0.3) is 0 Å². The highest BCUT2D eigenvalue weighted by atomic mass is 16.5. The highest BCUT2D eigenvalue weighted by Gasteiger charge is 2.19. The van der Waals surface area contributed by atoms with Crippen molar-refractivity contribution >= 4 is 11.7 Å². The Kier molecular flexibility index (Phi) is 6.00. The van der Waals surface area contributed by atoms with Gasteiger partial charge in [0.05, 0.1) is 12.8 Å². The van der Waals surface area contributed by atoms with Crippen LogP contribution in [-0.4, -0.2) is 29.9 Å². The lowest BCUT2D eigenvalue weighted by Crippen LogP contribution is -2.23. The molecule has 4 heteroatoms. The molecule has 1 atom stereocenters. The number of ether oxygens (including phenoxy) is 1. The normalized spacial score (nSPS) is 11.4. The van der Waals surface area contributed by atoms with Crippen molar-refractivity contribution in [2.45, 2.75) is 12.5 Å². The Morgan fingerprint density at radius 2 is 1.52 bits per heavy atom. The molecule has 1 N–H and O–H groups in total. The van der Waals surface area contributed by atoms with Crippen LogP contribution in [0.2, 0.25) is 0 Å². The predicted molar refractivity (Wildman–Crippen MR) is 107 cm³/mol. The van der Waals surface area contributed by atoms with E-state index in [2.05, 4.69) is 4.99 Å². The smallest absolute Gasteiger partial charge is 0.328 e. The predicted octanol–water partition coefficient (Wildman–Crippen LogP) is 4.23. The Morgan fingerprint density at radius 3 is 2.04 bits per heavy atom. The largest absolute Gasteiger partial charge is 0.497 e. The number of hydrogen-bond donors (Lipinski definition) is 1. The third-order valence-corrected chi connectivity index (χ3v) is 4.23. The average molecular weight is 359 g/mol. The van der Waals surface area contributed by atoms with Crippen molar-refractivity contribution in [1.82, 2.24) is 0 Å². The molecule has 0 bridgehead atoms. The minimum atomic E-state index is -0.956. The molecule has 0 fully saturated rings. The van der Waals surface area contributed by atoms with E-state index in [-0.39, 0.29) is 6.42 Å². The van der Waals surface area contributed by atoms with Crippen molar-refractivity contribution in [3.8, 4) is 5.75 Å². The molecule has 0 spiro atoms. The van der Waals surface area contributed by atoms with Crippen LogP contribution in [0, 0.1) is 0 Å². The number of carboxylic acid groups (broad SMARTS) is 1. The van der Waals surface area contributed by atoms with Gasteiger partial charge in [0.1, 0.15) is 5.75 Å². The second-order valence-corrected chi connectivity index (χ2v) is 6.12. The van der Waals surface area contributed by atoms with Gasteiger partial charge >= 0.3 is 5.97 Å². The molecule has 0 aliphatic carbocycles. The van der Waals surface area contributed by atoms with Crippen molar-refractivity contribution in [2.24, 2.45) is 4.99 Å². The van der Waals surface area contributed by atoms with Gasteiger partial charge < -0.3 is 9.84 Å². The second kappa shape index (κ2) is 8.81. The van der Waals surface area contributed by atoms with E-state index in [9.17, 15) is 9.90 Å². The van der Waals surface area contributed by atoms with Gasteiger partial charge in [-0.25, -0.2) is 4.79 Å². The van der Waals surface area contributed by atoms with E-state index in [1.165, 1.54) is 0 Å². The maximum atomic E-state index is 11.9. The summed E-state index contributed by atoms with van der Waals surface area (Å²) in [5.74, 6) is -0.255. The van der Waals surface area contributed by atoms with E-state index in [0.717, 1.165) is 16.7 Å². The molecule has 0 aromatic heterocycles. The van der Waals surface area contributed by atoms with Crippen LogP contribution in [0.3, 0.4) is 0 Å². The molecule has 3 aromatic carbocycles. The number of hydrogen-bond acceptors (Lipinski definition) is 3. The number of nitrogens with zero attached hydrogens (tertiary/aromatic N) is 1. The Morgan fingerprint density at radius 1 is 0.926 bits per heavy atom. The van der Waals surface area contributed by atoms with Crippen LogP contribution in [0.15, 0.2) is 89.9 Å². The minimum Gasteiger partial charge on any atom is -0.497 e. The molecule has 27 heavy (non-hydrogen) atoms. The van der Waals surface area contributed by atoms with E-state index >= 15 is 0 Å². The lowest BCUT2D eigenvalue weighted by molar-refractivity contribution is -0.138. The van der Waals surface area contributed by atoms with Crippen molar-refractivity contribution < 1.29 is 14.6 Å². The molecule has 0 unspecified atom stereocenters. The van der Waals surface area contributed by atoms with Crippen LogP contribution in [0.1, 0.15) is 16.7 Å². The summed E-state index contributed by atoms with van der Waals surface area (Å²) in [6.45, 7) is 0. The third kappa shape index (κ3) is 4.82. The molecule has 136 valence electrons. The molecule has 0 radical (unpaired) electrons. The summed E-state index contributed by atoms with van der Waals surface area (Å²) in [7, 11) is 1.59. The summed E-state index contributed by atoms with van der Waals surface area (Å²) in [6.07, 6.45) is 0.287. The highest BCUT2D eigenvalue weighted by Crippen LogP contribution is 2.17. The number of aliphatic carboxylic acids is 1. The molecule has 0 amide bonds. The maximum absolute atomic E-state index is 11.9. The molecule has 0 saturated heterocycles. The molecule has 3 aromatic rings. The maximum Gasteiger partial charge on any atom is 0.328 e. The van der Waals surface area contributed by atoms with Crippen LogP contribution < -0.4 is 4.74 Å². The number of methoxy groups -OCH3 is 1. The number of aliphatic imine (C=N–C) groups is 1. The van der Waals surface area contributed by atoms with Gasteiger partial charge in [-0.05, 0) is 17.7 Å². The van der Waals surface area contributed by atoms with E-state index < -0.39 is 12.0 Å². The first-order valence-electron chi connectivity index (χ1n) is 8.72. The van der Waals surface area contributed by atoms with Crippen molar-refractivity contribution in [3.05, 3.63) is 102 Å². The van der Waals surface area contributed by atoms with E-state index in [4.69, 9.17) is 4.74 Å². The standard InChI is InChI=1S/C23H21NO3/c1-27-20-14-8-9-17(15-20)16-21(23(25)26)24-22(18-10-4-2-5-11-18)19-12-6-3-7-13-19/h2-15,21H,16H2,1H3,(H,25,26)/t21-/m0/s1. The quantitative estimate of drug-likeness (QED) is 0.642. The SMILES string of the molecule is COc1cccc(C[C@H](N=C(c2ccccc2)c2ccccc2)C(=O)O)c1. The Hall–Kier alpha value is -3.40. The van der Waals surface area contributed by atoms with Gasteiger partial charge in [-0.15, -0.1) is 0 Å². The zero-order valence-corrected chi connectivity index (χ0v) is 15.1. The van der Waals surface area contributed by atoms with Gasteiger partial charge in [-0.2, -0.15) is 0 Å². The van der Waals surface area contributed by atoms with Crippen molar-refractivity contribution in [3.63, 3.8) is 0 Å². The third-order valence-electron chi connectivity index (χ3n) is 4.23. The van der Waals surface area contributed by atoms with Crippen LogP contribution in [-0.2, 0) is 11.2 Å². The molecule has 0 saturated carbocycles. The van der Waals surface area contributed by atoms with E-state index in [1.807, 2.05) is 84.9 Å². The van der Waals surface area contributed by atoms with Crippen molar-refractivity contribution in [1.29, 1.82) is 0 Å². The molecule has 4 nitrogen and oxygen atoms in total. The zero-order chi connectivity index (χ0) is 19.1. The van der Waals surface area contributed by atoms with Crippen LogP contribution in [0.25, 0.3) is 0 Å². The number of rotatable bonds is 7. The summed E-state index contributed by atoms with van der Waals surface area (Å²) >= 11 is 0. The second-order valence-electron chi connectivity index (χ2n) is 6.12. The molecular weight excluding hydrogens is 338 g/mol. The lowest BCUT2D eigenvalue weighted by Gasteiger charge is -2.13. The Bertz CT molecular complexity index is 879. The minimum absolute atomic E-state index is 0.287. The first-order valence-corrected chi connectivity index (χ1v) is 8.72. The summed E-state index contributed by atoms with van der Waals surface area (Å²) in [5, 5.41) is 9.77. The number of benzene rings is 3. The van der Waals surface area contributed by atoms with Gasteiger partial charge in [-0.1, -0.05) is 72.8 Å². The first-order chi connectivity index (χ1) is 13.2. The topological polar surface area (TPSA) is 58.9 Å². The van der Waals surface area contributed by atoms with E-state index in [0.29, 0.717) is 11.5 Å². The summed E-state index contributed by atoms with van der Waals surface area (Å²) in [5.41, 5.74) is 3.32. The Balaban J connectivity index is 2.00. The number of carboxylic acids is 1. The first kappa shape index (κ1) is 18.4. The summed E-state index contributed by atoms with van der Waals surface area (Å²) < 4.78 is 5.23. The lowest BCUT2D eigenvalue weighted by atomic mass is 10.0. The monoisotopic (exact) mass is 359 g/mol. The van der Waals surface area contributed by atoms with Gasteiger partial charge in [0, 0.05) is 17.5 Å². The van der Waals surface area contributed by atoms with Gasteiger partial charge in [-0.3, -0.25) is 4.99 Å². The highest BCUT2D eigenvalue weighted by molar-refractivity contribution is 6.13. The van der Waals surface area contributed by atoms with Crippen LogP contribution in [0.4, 0.5) is 0 Å². The van der Waals surface area contributed by atoms with Crippen molar-refractivity contribution in [2.75, 3.05) is 7.11 Å². The fourth-order valence-corrected chi connectivity index (χ4v) is 2.87. The van der Waals surface area contributed by atoms with Gasteiger partial charge in [0.15, 0.2) is 6.04 Å². The van der Waals surface area contributed by atoms with Crippen LogP contribution in [0.5, 0.6) is 5.75 Å². The summed E-state index contributed by atoms with van der Waals surface area (Å²) in [6, 6.07) is 25.8. The average Bonchev–Trinajstić information content (AvgIpc) is 2.72. The van der Waals surface area contributed by atoms with E-state index in [1.54, 1.807) is 7.11 Å². The van der Waals surface area contributed by atoms with Gasteiger partial charge in [0.2, 0.25) is 0 Å². The molecule has 0 heterocycles. The molecule has 0 aliphatic heterocycles. The zero-order valence-electron chi connectivity index (χ0n) is 15.1.